The minimum absolute atomic E-state index is 0.138. The van der Waals surface area contributed by atoms with Gasteiger partial charge in [0.2, 0.25) is 0 Å². The van der Waals surface area contributed by atoms with E-state index in [1.54, 1.807) is 23.9 Å². The van der Waals surface area contributed by atoms with Crippen molar-refractivity contribution in [2.75, 3.05) is 0 Å². The highest BCUT2D eigenvalue weighted by atomic mass is 79.9. The molecule has 174 valence electrons. The van der Waals surface area contributed by atoms with Gasteiger partial charge < -0.3 is 9.84 Å². The fraction of sp³-hybridized carbons (Fsp3) is 0.200. The second-order valence-corrected chi connectivity index (χ2v) is 11.1. The minimum Gasteiger partial charge on any atom is -0.508 e. The number of hydrogen-bond donors (Lipinski definition) is 1. The van der Waals surface area contributed by atoms with E-state index in [0.717, 1.165) is 26.9 Å². The first-order valence-electron chi connectivity index (χ1n) is 11.3. The van der Waals surface area contributed by atoms with E-state index in [-0.39, 0.29) is 11.2 Å². The van der Waals surface area contributed by atoms with E-state index >= 15 is 0 Å². The third-order valence-corrected chi connectivity index (χ3v) is 7.32. The van der Waals surface area contributed by atoms with Gasteiger partial charge in [-0.1, -0.05) is 72.7 Å². The van der Waals surface area contributed by atoms with Crippen LogP contribution in [-0.4, -0.2) is 5.11 Å². The molecule has 4 heteroatoms. The largest absolute Gasteiger partial charge is 0.508 e. The molecule has 0 radical (unpaired) electrons. The maximum atomic E-state index is 9.45. The van der Waals surface area contributed by atoms with Gasteiger partial charge in [0, 0.05) is 20.7 Å². The smallest absolute Gasteiger partial charge is 0.131 e. The van der Waals surface area contributed by atoms with Gasteiger partial charge in [-0.2, -0.15) is 0 Å². The number of halogens is 1. The summed E-state index contributed by atoms with van der Waals surface area (Å²) in [5.41, 5.74) is 6.35. The molecule has 0 unspecified atom stereocenters. The van der Waals surface area contributed by atoms with Crippen LogP contribution in [0.25, 0.3) is 11.1 Å². The Bertz CT molecular complexity index is 1270. The SMILES string of the molecule is Cc1cc(-c2ccc(Oc3ccc(Sc4ccc(O)cc4)cc3)c(CBr)c2)ccc1C(C)(C)C. The second kappa shape index (κ2) is 10.3. The van der Waals surface area contributed by atoms with Gasteiger partial charge in [0.25, 0.3) is 0 Å². The third-order valence-electron chi connectivity index (χ3n) is 5.70. The molecule has 1 N–H and O–H groups in total. The summed E-state index contributed by atoms with van der Waals surface area (Å²) in [6.45, 7) is 8.95. The molecule has 0 aromatic heterocycles. The summed E-state index contributed by atoms with van der Waals surface area (Å²) in [7, 11) is 0. The monoisotopic (exact) mass is 532 g/mol. The zero-order chi connectivity index (χ0) is 24.3. The Labute approximate surface area is 215 Å². The Kier molecular flexibility index (Phi) is 7.39. The van der Waals surface area contributed by atoms with Gasteiger partial charge in [0.15, 0.2) is 0 Å². The van der Waals surface area contributed by atoms with E-state index < -0.39 is 0 Å². The van der Waals surface area contributed by atoms with Crippen LogP contribution in [-0.2, 0) is 10.7 Å². The van der Waals surface area contributed by atoms with Crippen molar-refractivity contribution >= 4 is 27.7 Å². The van der Waals surface area contributed by atoms with Crippen LogP contribution in [0.4, 0.5) is 0 Å². The third kappa shape index (κ3) is 5.86. The minimum atomic E-state index is 0.138. The van der Waals surface area contributed by atoms with Crippen molar-refractivity contribution in [2.45, 2.75) is 48.2 Å². The lowest BCUT2D eigenvalue weighted by Gasteiger charge is -2.22. The maximum Gasteiger partial charge on any atom is 0.131 e. The Balaban J connectivity index is 1.51. The Morgan fingerprint density at radius 2 is 1.38 bits per heavy atom. The highest BCUT2D eigenvalue weighted by Gasteiger charge is 2.17. The van der Waals surface area contributed by atoms with E-state index in [1.807, 2.05) is 24.3 Å². The molecule has 0 heterocycles. The zero-order valence-electron chi connectivity index (χ0n) is 19.9. The van der Waals surface area contributed by atoms with Gasteiger partial charge in [0.1, 0.15) is 17.2 Å². The van der Waals surface area contributed by atoms with Crippen molar-refractivity contribution in [1.29, 1.82) is 0 Å². The summed E-state index contributed by atoms with van der Waals surface area (Å²) in [5, 5.41) is 10.2. The molecule has 0 aliphatic carbocycles. The molecule has 0 spiro atoms. The lowest BCUT2D eigenvalue weighted by Crippen LogP contribution is -2.12. The number of alkyl halides is 1. The topological polar surface area (TPSA) is 29.5 Å². The van der Waals surface area contributed by atoms with Gasteiger partial charge in [-0.25, -0.2) is 0 Å². The second-order valence-electron chi connectivity index (χ2n) is 9.41. The van der Waals surface area contributed by atoms with Crippen molar-refractivity contribution in [3.8, 4) is 28.4 Å². The summed E-state index contributed by atoms with van der Waals surface area (Å²) < 4.78 is 6.23. The summed E-state index contributed by atoms with van der Waals surface area (Å²) in [4.78, 5) is 2.19. The van der Waals surface area contributed by atoms with Gasteiger partial charge >= 0.3 is 0 Å². The van der Waals surface area contributed by atoms with Crippen molar-refractivity contribution < 1.29 is 9.84 Å². The zero-order valence-corrected chi connectivity index (χ0v) is 22.3. The van der Waals surface area contributed by atoms with Crippen LogP contribution in [0, 0.1) is 6.92 Å². The molecule has 0 aliphatic rings. The summed E-state index contributed by atoms with van der Waals surface area (Å²) in [6.07, 6.45) is 0. The van der Waals surface area contributed by atoms with E-state index in [1.165, 1.54) is 22.3 Å². The Morgan fingerprint density at radius 3 is 1.97 bits per heavy atom. The first-order chi connectivity index (χ1) is 16.2. The molecule has 0 amide bonds. The molecule has 4 aromatic rings. The normalized spacial score (nSPS) is 11.4. The summed E-state index contributed by atoms with van der Waals surface area (Å²) in [5.74, 6) is 1.93. The average molecular weight is 534 g/mol. The van der Waals surface area contributed by atoms with Crippen LogP contribution < -0.4 is 4.74 Å². The van der Waals surface area contributed by atoms with Crippen LogP contribution in [0.5, 0.6) is 17.2 Å². The number of rotatable bonds is 6. The molecule has 0 saturated carbocycles. The van der Waals surface area contributed by atoms with Gasteiger partial charge in [-0.05, 0) is 95.3 Å². The quantitative estimate of drug-likeness (QED) is 0.250. The lowest BCUT2D eigenvalue weighted by molar-refractivity contribution is 0.475. The van der Waals surface area contributed by atoms with E-state index in [0.29, 0.717) is 5.33 Å². The summed E-state index contributed by atoms with van der Waals surface area (Å²) in [6, 6.07) is 28.4. The average Bonchev–Trinajstić information content (AvgIpc) is 2.81. The van der Waals surface area contributed by atoms with Crippen molar-refractivity contribution in [3.63, 3.8) is 0 Å². The molecule has 4 aromatic carbocycles. The Morgan fingerprint density at radius 1 is 0.794 bits per heavy atom. The number of benzene rings is 4. The van der Waals surface area contributed by atoms with Crippen molar-refractivity contribution in [2.24, 2.45) is 0 Å². The first-order valence-corrected chi connectivity index (χ1v) is 13.2. The fourth-order valence-electron chi connectivity index (χ4n) is 4.00. The van der Waals surface area contributed by atoms with E-state index in [9.17, 15) is 5.11 Å². The molecular weight excluding hydrogens is 504 g/mol. The number of ether oxygens (including phenoxy) is 1. The Hall–Kier alpha value is -2.69. The van der Waals surface area contributed by atoms with Gasteiger partial charge in [-0.15, -0.1) is 0 Å². The highest BCUT2D eigenvalue weighted by molar-refractivity contribution is 9.08. The number of aromatic hydroxyl groups is 1. The van der Waals surface area contributed by atoms with E-state index in [2.05, 4.69) is 92.2 Å². The van der Waals surface area contributed by atoms with Crippen LogP contribution in [0.3, 0.4) is 0 Å². The van der Waals surface area contributed by atoms with Gasteiger partial charge in [0.05, 0.1) is 0 Å². The summed E-state index contributed by atoms with van der Waals surface area (Å²) >= 11 is 5.28. The van der Waals surface area contributed by atoms with Crippen LogP contribution >= 0.6 is 27.7 Å². The predicted octanol–water partition coefficient (Wildman–Crippen LogP) is 9.50. The molecule has 0 aliphatic heterocycles. The van der Waals surface area contributed by atoms with Crippen molar-refractivity contribution in [3.05, 3.63) is 102 Å². The maximum absolute atomic E-state index is 9.45. The van der Waals surface area contributed by atoms with Crippen LogP contribution in [0.15, 0.2) is 94.7 Å². The highest BCUT2D eigenvalue weighted by Crippen LogP contribution is 2.35. The van der Waals surface area contributed by atoms with Crippen LogP contribution in [0.2, 0.25) is 0 Å². The number of phenols is 1. The molecule has 0 fully saturated rings. The molecule has 2 nitrogen and oxygen atoms in total. The predicted molar refractivity (Wildman–Crippen MR) is 147 cm³/mol. The van der Waals surface area contributed by atoms with Crippen LogP contribution in [0.1, 0.15) is 37.5 Å². The number of phenolic OH excluding ortho intramolecular Hbond substituents is 1. The molecule has 0 atom stereocenters. The molecule has 0 saturated heterocycles. The van der Waals surface area contributed by atoms with E-state index in [4.69, 9.17) is 4.74 Å². The molecule has 34 heavy (non-hydrogen) atoms. The molecule has 4 rings (SSSR count). The lowest BCUT2D eigenvalue weighted by atomic mass is 9.83. The molecule has 0 bridgehead atoms. The van der Waals surface area contributed by atoms with Crippen molar-refractivity contribution in [1.82, 2.24) is 0 Å². The molecular formula is C30H29BrO2S. The first kappa shape index (κ1) is 24.4. The fourth-order valence-corrected chi connectivity index (χ4v) is 5.26. The standard InChI is InChI=1S/C30H29BrO2S/c1-20-17-21(5-15-28(20)30(2,3)4)22-6-16-29(23(18-22)19-31)33-25-9-13-27(14-10-25)34-26-11-7-24(32)8-12-26/h5-18,32H,19H2,1-4H3. The number of aryl methyl sites for hydroxylation is 1. The number of hydrogen-bond acceptors (Lipinski definition) is 3. The van der Waals surface area contributed by atoms with Gasteiger partial charge in [-0.3, -0.25) is 0 Å².